The molecule has 0 aliphatic rings. The maximum absolute atomic E-state index is 11.5. The first kappa shape index (κ1) is 19.8. The molecule has 0 aromatic heterocycles. The van der Waals surface area contributed by atoms with Gasteiger partial charge >= 0.3 is 12.2 Å². The maximum Gasteiger partial charge on any atom is 0.407 e. The van der Waals surface area contributed by atoms with Crippen molar-refractivity contribution in [1.82, 2.24) is 10.6 Å². The van der Waals surface area contributed by atoms with E-state index in [0.717, 1.165) is 6.04 Å². The van der Waals surface area contributed by atoms with Crippen molar-refractivity contribution >= 4 is 20.3 Å². The maximum atomic E-state index is 11.5. The number of hydrogen-bond donors (Lipinski definition) is 2. The molecule has 0 bridgehead atoms. The van der Waals surface area contributed by atoms with Crippen LogP contribution < -0.4 is 10.6 Å². The lowest BCUT2D eigenvalue weighted by molar-refractivity contribution is 0.0507. The molecule has 7 heteroatoms. The van der Waals surface area contributed by atoms with Gasteiger partial charge in [0.05, 0.1) is 6.61 Å². The molecule has 21 heavy (non-hydrogen) atoms. The van der Waals surface area contributed by atoms with Gasteiger partial charge in [0.1, 0.15) is 5.60 Å². The smallest absolute Gasteiger partial charge is 0.407 e. The van der Waals surface area contributed by atoms with Gasteiger partial charge in [-0.25, -0.2) is 9.59 Å². The summed E-state index contributed by atoms with van der Waals surface area (Å²) in [5, 5.41) is 5.27. The van der Waals surface area contributed by atoms with Crippen LogP contribution in [0.2, 0.25) is 25.7 Å². The SMILES string of the molecule is C[C@H](CNC(=O)OCC[Si](C)(C)C)NC(=O)OC(C)(C)C. The van der Waals surface area contributed by atoms with Crippen LogP contribution in [0, 0.1) is 0 Å². The minimum Gasteiger partial charge on any atom is -0.450 e. The Bertz CT molecular complexity index is 348. The topological polar surface area (TPSA) is 76.7 Å². The van der Waals surface area contributed by atoms with Crippen LogP contribution >= 0.6 is 0 Å². The first-order valence-corrected chi connectivity index (χ1v) is 11.0. The average molecular weight is 318 g/mol. The van der Waals surface area contributed by atoms with E-state index in [4.69, 9.17) is 9.47 Å². The molecule has 0 spiro atoms. The van der Waals surface area contributed by atoms with Gasteiger partial charge in [-0.3, -0.25) is 0 Å². The van der Waals surface area contributed by atoms with Crippen molar-refractivity contribution in [3.8, 4) is 0 Å². The Morgan fingerprint density at radius 3 is 2.19 bits per heavy atom. The summed E-state index contributed by atoms with van der Waals surface area (Å²) in [6.07, 6.45) is -0.949. The molecule has 0 aliphatic carbocycles. The van der Waals surface area contributed by atoms with E-state index in [1.165, 1.54) is 0 Å². The molecule has 1 atom stereocenters. The molecule has 0 saturated carbocycles. The Hall–Kier alpha value is -1.24. The standard InChI is InChI=1S/C14H30N2O4Si/c1-11(16-13(18)20-14(2,3)4)10-15-12(17)19-8-9-21(5,6)7/h11H,8-10H2,1-7H3,(H,15,17)(H,16,18)/t11-/m1/s1. The van der Waals surface area contributed by atoms with Crippen molar-refractivity contribution < 1.29 is 19.1 Å². The summed E-state index contributed by atoms with van der Waals surface area (Å²) < 4.78 is 10.2. The van der Waals surface area contributed by atoms with E-state index in [-0.39, 0.29) is 6.04 Å². The fourth-order valence-electron chi connectivity index (χ4n) is 1.30. The summed E-state index contributed by atoms with van der Waals surface area (Å²) in [6, 6.07) is 0.705. The highest BCUT2D eigenvalue weighted by molar-refractivity contribution is 6.76. The molecule has 0 rings (SSSR count). The normalized spacial score (nSPS) is 13.3. The van der Waals surface area contributed by atoms with E-state index in [1.54, 1.807) is 27.7 Å². The number of carbonyl (C=O) groups excluding carboxylic acids is 2. The predicted octanol–water partition coefficient (Wildman–Crippen LogP) is 2.96. The molecule has 0 unspecified atom stereocenters. The van der Waals surface area contributed by atoms with E-state index in [9.17, 15) is 9.59 Å². The Morgan fingerprint density at radius 1 is 1.14 bits per heavy atom. The molecule has 124 valence electrons. The molecule has 6 nitrogen and oxygen atoms in total. The Kier molecular flexibility index (Phi) is 7.77. The van der Waals surface area contributed by atoms with Crippen molar-refractivity contribution in [2.75, 3.05) is 13.2 Å². The van der Waals surface area contributed by atoms with Crippen molar-refractivity contribution in [2.24, 2.45) is 0 Å². The molecule has 0 saturated heterocycles. The fourth-order valence-corrected chi connectivity index (χ4v) is 2.01. The molecular weight excluding hydrogens is 288 g/mol. The molecule has 0 aromatic carbocycles. The van der Waals surface area contributed by atoms with Gasteiger partial charge in [-0.2, -0.15) is 0 Å². The van der Waals surface area contributed by atoms with Gasteiger partial charge in [0.2, 0.25) is 0 Å². The van der Waals surface area contributed by atoms with Gasteiger partial charge in [0.15, 0.2) is 0 Å². The quantitative estimate of drug-likeness (QED) is 0.738. The molecule has 2 amide bonds. The van der Waals surface area contributed by atoms with Crippen LogP contribution in [-0.4, -0.2) is 45.1 Å². The second kappa shape index (κ2) is 8.26. The molecular formula is C14H30N2O4Si. The molecule has 0 aromatic rings. The van der Waals surface area contributed by atoms with E-state index in [2.05, 4.69) is 30.3 Å². The number of rotatable bonds is 6. The molecule has 0 radical (unpaired) electrons. The Morgan fingerprint density at radius 2 is 1.71 bits per heavy atom. The second-order valence-electron chi connectivity index (χ2n) is 7.37. The first-order valence-electron chi connectivity index (χ1n) is 7.29. The van der Waals surface area contributed by atoms with E-state index in [0.29, 0.717) is 13.2 Å². The fraction of sp³-hybridized carbons (Fsp3) is 0.857. The van der Waals surface area contributed by atoms with Gasteiger partial charge < -0.3 is 20.1 Å². The number of alkyl carbamates (subject to hydrolysis) is 2. The van der Waals surface area contributed by atoms with Crippen molar-refractivity contribution in [1.29, 1.82) is 0 Å². The lowest BCUT2D eigenvalue weighted by Crippen LogP contribution is -2.44. The van der Waals surface area contributed by atoms with Crippen LogP contribution in [0.3, 0.4) is 0 Å². The lowest BCUT2D eigenvalue weighted by atomic mass is 10.2. The Balaban J connectivity index is 3.85. The van der Waals surface area contributed by atoms with Gasteiger partial charge in [-0.1, -0.05) is 19.6 Å². The molecule has 0 fully saturated rings. The van der Waals surface area contributed by atoms with Gasteiger partial charge in [0.25, 0.3) is 0 Å². The molecule has 2 N–H and O–H groups in total. The second-order valence-corrected chi connectivity index (χ2v) is 13.0. The molecule has 0 heterocycles. The summed E-state index contributed by atoms with van der Waals surface area (Å²) in [7, 11) is -1.19. The third-order valence-corrected chi connectivity index (χ3v) is 4.11. The highest BCUT2D eigenvalue weighted by Gasteiger charge is 2.18. The minimum atomic E-state index is -1.19. The average Bonchev–Trinajstić information content (AvgIpc) is 2.21. The summed E-state index contributed by atoms with van der Waals surface area (Å²) in [6.45, 7) is 14.6. The highest BCUT2D eigenvalue weighted by Crippen LogP contribution is 2.08. The summed E-state index contributed by atoms with van der Waals surface area (Å²) in [4.78, 5) is 23.0. The van der Waals surface area contributed by atoms with Gasteiger partial charge in [-0.15, -0.1) is 0 Å². The van der Waals surface area contributed by atoms with Gasteiger partial charge in [0, 0.05) is 20.7 Å². The highest BCUT2D eigenvalue weighted by atomic mass is 28.3. The van der Waals surface area contributed by atoms with E-state index in [1.807, 2.05) is 0 Å². The number of carbonyl (C=O) groups is 2. The number of ether oxygens (including phenoxy) is 2. The third kappa shape index (κ3) is 13.5. The summed E-state index contributed by atoms with van der Waals surface area (Å²) in [5.74, 6) is 0. The summed E-state index contributed by atoms with van der Waals surface area (Å²) >= 11 is 0. The van der Waals surface area contributed by atoms with Crippen LogP contribution in [0.4, 0.5) is 9.59 Å². The molecule has 0 aliphatic heterocycles. The van der Waals surface area contributed by atoms with Crippen molar-refractivity contribution in [2.45, 2.75) is 65.0 Å². The zero-order valence-electron chi connectivity index (χ0n) is 14.3. The van der Waals surface area contributed by atoms with Crippen LogP contribution in [0.1, 0.15) is 27.7 Å². The van der Waals surface area contributed by atoms with Crippen LogP contribution in [0.25, 0.3) is 0 Å². The lowest BCUT2D eigenvalue weighted by Gasteiger charge is -2.22. The zero-order chi connectivity index (χ0) is 16.7. The number of hydrogen-bond acceptors (Lipinski definition) is 4. The van der Waals surface area contributed by atoms with Crippen LogP contribution in [0.15, 0.2) is 0 Å². The van der Waals surface area contributed by atoms with Crippen LogP contribution in [0.5, 0.6) is 0 Å². The van der Waals surface area contributed by atoms with E-state index < -0.39 is 25.9 Å². The largest absolute Gasteiger partial charge is 0.450 e. The number of amides is 2. The van der Waals surface area contributed by atoms with Crippen molar-refractivity contribution in [3.63, 3.8) is 0 Å². The summed E-state index contributed by atoms with van der Waals surface area (Å²) in [5.41, 5.74) is -0.535. The minimum absolute atomic E-state index is 0.232. The van der Waals surface area contributed by atoms with Crippen LogP contribution in [-0.2, 0) is 9.47 Å². The predicted molar refractivity (Wildman–Crippen MR) is 86.3 cm³/mol. The third-order valence-electron chi connectivity index (χ3n) is 2.40. The van der Waals surface area contributed by atoms with E-state index >= 15 is 0 Å². The van der Waals surface area contributed by atoms with Crippen molar-refractivity contribution in [3.05, 3.63) is 0 Å². The first-order chi connectivity index (χ1) is 9.39. The van der Waals surface area contributed by atoms with Gasteiger partial charge in [-0.05, 0) is 33.7 Å². The Labute approximate surface area is 129 Å². The zero-order valence-corrected chi connectivity index (χ0v) is 15.3. The monoisotopic (exact) mass is 318 g/mol. The number of nitrogens with one attached hydrogen (secondary N) is 2.